The van der Waals surface area contributed by atoms with E-state index in [1.54, 1.807) is 0 Å². The molecule has 0 unspecified atom stereocenters. The van der Waals surface area contributed by atoms with Gasteiger partial charge in [0.2, 0.25) is 0 Å². The van der Waals surface area contributed by atoms with Crippen LogP contribution in [0.2, 0.25) is 0 Å². The molecule has 7 heavy (non-hydrogen) atoms. The fourth-order valence-electron chi connectivity index (χ4n) is 0. The third-order valence-corrected chi connectivity index (χ3v) is 0. The van der Waals surface area contributed by atoms with Crippen LogP contribution >= 0.6 is 0 Å². The molecular formula is AsFLi2O3. The average Bonchev–Trinajstić information content (AvgIpc) is 0.722. The van der Waals surface area contributed by atoms with Crippen molar-refractivity contribution in [1.29, 1.82) is 0 Å². The molecule has 0 saturated heterocycles. The number of hydrogen-bond acceptors (Lipinski definition) is 3. The molecule has 0 amide bonds. The summed E-state index contributed by atoms with van der Waals surface area (Å²) in [6.07, 6.45) is 0. The van der Waals surface area contributed by atoms with Crippen LogP contribution < -0.4 is 45.9 Å². The van der Waals surface area contributed by atoms with Gasteiger partial charge in [-0.25, -0.2) is 0 Å². The summed E-state index contributed by atoms with van der Waals surface area (Å²) in [5.74, 6) is 0. The molecule has 0 aromatic carbocycles. The molecular weight excluding hydrogens is 156 g/mol. The molecule has 0 aliphatic heterocycles. The Morgan fingerprint density at radius 3 is 1.29 bits per heavy atom. The van der Waals surface area contributed by atoms with Crippen LogP contribution in [0.1, 0.15) is 0 Å². The second-order valence-electron chi connectivity index (χ2n) is 0.431. The maximum atomic E-state index is 10.2. The molecule has 0 N–H and O–H groups in total. The van der Waals surface area contributed by atoms with Gasteiger partial charge in [-0.1, -0.05) is 0 Å². The van der Waals surface area contributed by atoms with Gasteiger partial charge < -0.3 is 0 Å². The van der Waals surface area contributed by atoms with Crippen molar-refractivity contribution in [3.8, 4) is 0 Å². The SMILES string of the molecule is O=[As]([O-])([O-])F.[Li+].[Li+]. The van der Waals surface area contributed by atoms with E-state index in [9.17, 15) is 3.47 Å². The molecule has 0 heterocycles. The van der Waals surface area contributed by atoms with E-state index in [0.717, 1.165) is 0 Å². The summed E-state index contributed by atoms with van der Waals surface area (Å²) in [6, 6.07) is 0. The van der Waals surface area contributed by atoms with Gasteiger partial charge in [0.15, 0.2) is 0 Å². The summed E-state index contributed by atoms with van der Waals surface area (Å²) in [7, 11) is 0. The van der Waals surface area contributed by atoms with Gasteiger partial charge in [0, 0.05) is 0 Å². The van der Waals surface area contributed by atoms with Gasteiger partial charge >= 0.3 is 67.8 Å². The first-order valence-corrected chi connectivity index (χ1v) is 3.72. The standard InChI is InChI=1S/AsFH2O3.2Li/c2-1(3,4)5;;/h(H2,3,4,5);;/q;2*+1/p-2. The Hall–Kier alpha value is 1.40. The second kappa shape index (κ2) is 5.54. The van der Waals surface area contributed by atoms with Crippen molar-refractivity contribution in [2.24, 2.45) is 0 Å². The van der Waals surface area contributed by atoms with Crippen molar-refractivity contribution in [3.63, 3.8) is 0 Å². The zero-order chi connectivity index (χ0) is 4.50. The molecule has 3 nitrogen and oxygen atoms in total. The molecule has 0 spiro atoms. The third-order valence-electron chi connectivity index (χ3n) is 0. The number of rotatable bonds is 0. The van der Waals surface area contributed by atoms with Crippen LogP contribution in [0, 0.1) is 0 Å². The summed E-state index contributed by atoms with van der Waals surface area (Å²) in [4.78, 5) is 0. The molecule has 0 aliphatic carbocycles. The van der Waals surface area contributed by atoms with Crippen molar-refractivity contribution in [3.05, 3.63) is 0 Å². The zero-order valence-electron chi connectivity index (χ0n) is 4.05. The first-order valence-electron chi connectivity index (χ1n) is 0.717. The van der Waals surface area contributed by atoms with E-state index >= 15 is 0 Å². The summed E-state index contributed by atoms with van der Waals surface area (Å²) in [5.41, 5.74) is 0. The van der Waals surface area contributed by atoms with Gasteiger partial charge in [-0.05, 0) is 0 Å². The van der Waals surface area contributed by atoms with Crippen molar-refractivity contribution in [2.75, 3.05) is 0 Å². The fraction of sp³-hybridized carbons (Fsp3) is 0. The number of halogens is 1. The Morgan fingerprint density at radius 2 is 1.29 bits per heavy atom. The Balaban J connectivity index is -0.0000000800. The van der Waals surface area contributed by atoms with Crippen LogP contribution in [-0.4, -0.2) is 14.6 Å². The molecule has 7 heteroatoms. The van der Waals surface area contributed by atoms with Gasteiger partial charge in [-0.2, -0.15) is 0 Å². The van der Waals surface area contributed by atoms with Gasteiger partial charge in [0.25, 0.3) is 0 Å². The predicted molar refractivity (Wildman–Crippen MR) is 7.55 cm³/mol. The van der Waals surface area contributed by atoms with Gasteiger partial charge in [-0.15, -0.1) is 0 Å². The summed E-state index contributed by atoms with van der Waals surface area (Å²) < 4.78 is 35.7. The second-order valence-corrected chi connectivity index (χ2v) is 2.24. The van der Waals surface area contributed by atoms with E-state index in [2.05, 4.69) is 0 Å². The van der Waals surface area contributed by atoms with Crippen molar-refractivity contribution in [1.82, 2.24) is 0 Å². The largest absolute Gasteiger partial charge is 1.00 e. The molecule has 0 aromatic heterocycles. The Labute approximate surface area is 67.5 Å². The first-order chi connectivity index (χ1) is 2.00. The normalized spacial score (nSPS) is 8.43. The van der Waals surface area contributed by atoms with Gasteiger partial charge in [0.1, 0.15) is 0 Å². The van der Waals surface area contributed by atoms with Crippen LogP contribution in [0.25, 0.3) is 0 Å². The first kappa shape index (κ1) is 15.8. The van der Waals surface area contributed by atoms with Crippen LogP contribution in [0.5, 0.6) is 0 Å². The average molecular weight is 156 g/mol. The molecule has 0 rings (SSSR count). The molecule has 0 fully saturated rings. The summed E-state index contributed by atoms with van der Waals surface area (Å²) in [5, 5.41) is 0. The summed E-state index contributed by atoms with van der Waals surface area (Å²) in [6.45, 7) is 0. The van der Waals surface area contributed by atoms with Crippen LogP contribution in [0.3, 0.4) is 0 Å². The molecule has 0 saturated carbocycles. The number of hydrogen-bond donors (Lipinski definition) is 0. The maximum absolute atomic E-state index is 10.2. The maximum Gasteiger partial charge on any atom is 1.00 e. The van der Waals surface area contributed by atoms with E-state index in [0.29, 0.717) is 0 Å². The van der Waals surface area contributed by atoms with E-state index in [1.165, 1.54) is 0 Å². The predicted octanol–water partition coefficient (Wildman–Crippen LogP) is -8.45. The minimum atomic E-state index is -6.12. The van der Waals surface area contributed by atoms with Crippen LogP contribution in [0.4, 0.5) is 3.47 Å². The Bertz CT molecular complexity index is 59.1. The quantitative estimate of drug-likeness (QED) is 0.327. The van der Waals surface area contributed by atoms with Crippen LogP contribution in [-0.2, 0) is 3.74 Å². The third kappa shape index (κ3) is 110. The van der Waals surface area contributed by atoms with Crippen molar-refractivity contribution >= 4 is 14.6 Å². The minimum absolute atomic E-state index is 0. The molecule has 0 aliphatic rings. The molecule has 0 atom stereocenters. The van der Waals surface area contributed by atoms with E-state index in [1.807, 2.05) is 0 Å². The van der Waals surface area contributed by atoms with E-state index in [4.69, 9.17) is 11.9 Å². The summed E-state index contributed by atoms with van der Waals surface area (Å²) >= 11 is -6.12. The zero-order valence-corrected chi connectivity index (χ0v) is 5.93. The molecule has 0 radical (unpaired) electrons. The monoisotopic (exact) mass is 156 g/mol. The van der Waals surface area contributed by atoms with Gasteiger partial charge in [-0.3, -0.25) is 0 Å². The van der Waals surface area contributed by atoms with Crippen molar-refractivity contribution < 1.29 is 53.1 Å². The molecule has 32 valence electrons. The minimum Gasteiger partial charge on any atom is 1.00 e. The van der Waals surface area contributed by atoms with Crippen molar-refractivity contribution in [2.45, 2.75) is 0 Å². The Kier molecular flexibility index (Phi) is 12.5. The molecule has 0 bridgehead atoms. The van der Waals surface area contributed by atoms with E-state index < -0.39 is 14.6 Å². The van der Waals surface area contributed by atoms with E-state index in [-0.39, 0.29) is 37.7 Å². The van der Waals surface area contributed by atoms with Gasteiger partial charge in [0.05, 0.1) is 0 Å². The fourth-order valence-corrected chi connectivity index (χ4v) is 0. The smallest absolute Gasteiger partial charge is 1.00 e. The topological polar surface area (TPSA) is 63.2 Å². The van der Waals surface area contributed by atoms with Crippen LogP contribution in [0.15, 0.2) is 0 Å². The molecule has 0 aromatic rings. The Morgan fingerprint density at radius 1 is 1.29 bits per heavy atom.